The number of rotatable bonds is 5. The number of ether oxygens (including phenoxy) is 1. The van der Waals surface area contributed by atoms with E-state index in [0.29, 0.717) is 17.0 Å². The average Bonchev–Trinajstić information content (AvgIpc) is 2.48. The highest BCUT2D eigenvalue weighted by molar-refractivity contribution is 7.92. The van der Waals surface area contributed by atoms with Gasteiger partial charge in [-0.05, 0) is 49.2 Å². The number of sulfonamides is 1. The van der Waals surface area contributed by atoms with Crippen LogP contribution in [-0.2, 0) is 10.0 Å². The van der Waals surface area contributed by atoms with E-state index in [4.69, 9.17) is 4.74 Å². The minimum atomic E-state index is -3.46. The molecule has 0 aliphatic heterocycles. The average molecular weight is 348 g/mol. The summed E-state index contributed by atoms with van der Waals surface area (Å²) in [6, 6.07) is 10.3. The number of methoxy groups -OCH3 is 1. The first-order valence-electron chi connectivity index (χ1n) is 7.24. The third-order valence-corrected chi connectivity index (χ3v) is 4.19. The number of carbonyl (C=O) groups excluding carboxylic acids is 1. The van der Waals surface area contributed by atoms with Crippen LogP contribution >= 0.6 is 0 Å². The van der Waals surface area contributed by atoms with E-state index in [9.17, 15) is 13.2 Å². The molecule has 0 radical (unpaired) electrons. The highest BCUT2D eigenvalue weighted by atomic mass is 32.2. The number of hydrogen-bond acceptors (Lipinski definition) is 4. The Balaban J connectivity index is 2.31. The van der Waals surface area contributed by atoms with Crippen molar-refractivity contribution in [3.8, 4) is 5.75 Å². The van der Waals surface area contributed by atoms with Crippen LogP contribution in [0.3, 0.4) is 0 Å². The predicted octanol–water partition coefficient (Wildman–Crippen LogP) is 2.94. The summed E-state index contributed by atoms with van der Waals surface area (Å²) in [5.74, 6) is 0.108. The normalized spacial score (nSPS) is 11.0. The van der Waals surface area contributed by atoms with Gasteiger partial charge in [0.25, 0.3) is 5.91 Å². The van der Waals surface area contributed by atoms with Gasteiger partial charge >= 0.3 is 0 Å². The monoisotopic (exact) mass is 348 g/mol. The van der Waals surface area contributed by atoms with E-state index in [2.05, 4.69) is 10.0 Å². The van der Waals surface area contributed by atoms with Crippen LogP contribution < -0.4 is 14.8 Å². The lowest BCUT2D eigenvalue weighted by molar-refractivity contribution is 0.102. The number of aryl methyl sites for hydroxylation is 1. The van der Waals surface area contributed by atoms with Gasteiger partial charge in [0.2, 0.25) is 10.0 Å². The Hall–Kier alpha value is -2.54. The van der Waals surface area contributed by atoms with E-state index >= 15 is 0 Å². The first kappa shape index (κ1) is 17.8. The van der Waals surface area contributed by atoms with Gasteiger partial charge in [0.1, 0.15) is 5.75 Å². The van der Waals surface area contributed by atoms with Gasteiger partial charge in [-0.3, -0.25) is 9.52 Å². The van der Waals surface area contributed by atoms with Crippen molar-refractivity contribution in [2.24, 2.45) is 0 Å². The van der Waals surface area contributed by atoms with Crippen LogP contribution in [0.25, 0.3) is 0 Å². The van der Waals surface area contributed by atoms with Gasteiger partial charge in [-0.25, -0.2) is 8.42 Å². The van der Waals surface area contributed by atoms with Gasteiger partial charge in [0, 0.05) is 11.3 Å². The predicted molar refractivity (Wildman–Crippen MR) is 95.3 cm³/mol. The summed E-state index contributed by atoms with van der Waals surface area (Å²) in [6.45, 7) is 3.82. The molecule has 2 aromatic rings. The van der Waals surface area contributed by atoms with Crippen molar-refractivity contribution in [1.82, 2.24) is 0 Å². The van der Waals surface area contributed by atoms with E-state index in [1.807, 2.05) is 26.0 Å². The standard InChI is InChI=1S/C17H20N2O4S/c1-11-6-5-7-14(12(11)2)17(20)18-13-8-9-16(23-3)15(10-13)19-24(4,21)22/h5-10,19H,1-4H3,(H,18,20). The topological polar surface area (TPSA) is 84.5 Å². The van der Waals surface area contributed by atoms with Crippen molar-refractivity contribution >= 4 is 27.3 Å². The van der Waals surface area contributed by atoms with Gasteiger partial charge < -0.3 is 10.1 Å². The number of benzene rings is 2. The Morgan fingerprint density at radius 3 is 2.46 bits per heavy atom. The van der Waals surface area contributed by atoms with Crippen molar-refractivity contribution in [3.63, 3.8) is 0 Å². The van der Waals surface area contributed by atoms with Crippen LogP contribution in [0, 0.1) is 13.8 Å². The van der Waals surface area contributed by atoms with Gasteiger partial charge in [-0.2, -0.15) is 0 Å². The maximum Gasteiger partial charge on any atom is 0.255 e. The molecule has 24 heavy (non-hydrogen) atoms. The highest BCUT2D eigenvalue weighted by Crippen LogP contribution is 2.29. The van der Waals surface area contributed by atoms with Crippen LogP contribution in [0.1, 0.15) is 21.5 Å². The highest BCUT2D eigenvalue weighted by Gasteiger charge is 2.13. The Labute approximate surface area is 141 Å². The molecule has 0 heterocycles. The van der Waals surface area contributed by atoms with Crippen molar-refractivity contribution in [3.05, 3.63) is 53.1 Å². The molecule has 0 aliphatic carbocycles. The Kier molecular flexibility index (Phi) is 5.14. The summed E-state index contributed by atoms with van der Waals surface area (Å²) in [4.78, 5) is 12.5. The van der Waals surface area contributed by atoms with Gasteiger partial charge in [-0.15, -0.1) is 0 Å². The maximum atomic E-state index is 12.5. The molecule has 0 bridgehead atoms. The minimum absolute atomic E-state index is 0.258. The zero-order valence-electron chi connectivity index (χ0n) is 14.0. The lowest BCUT2D eigenvalue weighted by Crippen LogP contribution is -2.15. The third kappa shape index (κ3) is 4.26. The minimum Gasteiger partial charge on any atom is -0.495 e. The maximum absolute atomic E-state index is 12.5. The number of hydrogen-bond donors (Lipinski definition) is 2. The Morgan fingerprint density at radius 1 is 1.12 bits per heavy atom. The summed E-state index contributed by atoms with van der Waals surface area (Å²) in [5.41, 5.74) is 3.23. The molecule has 0 unspecified atom stereocenters. The van der Waals surface area contributed by atoms with Crippen LogP contribution in [0.4, 0.5) is 11.4 Å². The van der Waals surface area contributed by atoms with E-state index in [-0.39, 0.29) is 11.6 Å². The fourth-order valence-electron chi connectivity index (χ4n) is 2.26. The molecule has 0 aromatic heterocycles. The second-order valence-corrected chi connectivity index (χ2v) is 7.24. The van der Waals surface area contributed by atoms with Gasteiger partial charge in [-0.1, -0.05) is 12.1 Å². The largest absolute Gasteiger partial charge is 0.495 e. The first-order valence-corrected chi connectivity index (χ1v) is 9.14. The second kappa shape index (κ2) is 6.92. The quantitative estimate of drug-likeness (QED) is 0.870. The molecule has 6 nitrogen and oxygen atoms in total. The Morgan fingerprint density at radius 2 is 1.83 bits per heavy atom. The lowest BCUT2D eigenvalue weighted by atomic mass is 10.0. The molecule has 1 amide bonds. The smallest absolute Gasteiger partial charge is 0.255 e. The second-order valence-electron chi connectivity index (χ2n) is 5.49. The van der Waals surface area contributed by atoms with Gasteiger partial charge in [0.05, 0.1) is 19.1 Å². The SMILES string of the molecule is COc1ccc(NC(=O)c2cccc(C)c2C)cc1NS(C)(=O)=O. The van der Waals surface area contributed by atoms with Crippen molar-refractivity contribution in [2.75, 3.05) is 23.4 Å². The summed E-state index contributed by atoms with van der Waals surface area (Å²) < 4.78 is 30.4. The summed E-state index contributed by atoms with van der Waals surface area (Å²) in [5, 5.41) is 2.77. The lowest BCUT2D eigenvalue weighted by Gasteiger charge is -2.13. The summed E-state index contributed by atoms with van der Waals surface area (Å²) >= 11 is 0. The fraction of sp³-hybridized carbons (Fsp3) is 0.235. The number of anilines is 2. The summed E-state index contributed by atoms with van der Waals surface area (Å²) in [7, 11) is -2.02. The fourth-order valence-corrected chi connectivity index (χ4v) is 2.82. The molecule has 0 spiro atoms. The molecule has 128 valence electrons. The number of nitrogens with one attached hydrogen (secondary N) is 2. The Bertz CT molecular complexity index is 876. The van der Waals surface area contributed by atoms with E-state index in [1.54, 1.807) is 18.2 Å². The summed E-state index contributed by atoms with van der Waals surface area (Å²) in [6.07, 6.45) is 1.05. The van der Waals surface area contributed by atoms with Crippen LogP contribution in [0.15, 0.2) is 36.4 Å². The number of amides is 1. The van der Waals surface area contributed by atoms with Crippen molar-refractivity contribution in [1.29, 1.82) is 0 Å². The van der Waals surface area contributed by atoms with Crippen molar-refractivity contribution < 1.29 is 17.9 Å². The third-order valence-electron chi connectivity index (χ3n) is 3.60. The van der Waals surface area contributed by atoms with Crippen molar-refractivity contribution in [2.45, 2.75) is 13.8 Å². The molecule has 0 fully saturated rings. The van der Waals surface area contributed by atoms with Crippen LogP contribution in [0.5, 0.6) is 5.75 Å². The zero-order chi connectivity index (χ0) is 17.9. The molecular formula is C17H20N2O4S. The van der Waals surface area contributed by atoms with Crippen LogP contribution in [-0.4, -0.2) is 27.7 Å². The van der Waals surface area contributed by atoms with Crippen LogP contribution in [0.2, 0.25) is 0 Å². The number of carbonyl (C=O) groups is 1. The molecule has 2 N–H and O–H groups in total. The zero-order valence-corrected chi connectivity index (χ0v) is 14.8. The first-order chi connectivity index (χ1) is 11.2. The molecule has 7 heteroatoms. The molecule has 0 saturated carbocycles. The molecule has 0 saturated heterocycles. The van der Waals surface area contributed by atoms with Gasteiger partial charge in [0.15, 0.2) is 0 Å². The van der Waals surface area contributed by atoms with E-state index in [1.165, 1.54) is 13.2 Å². The van der Waals surface area contributed by atoms with E-state index in [0.717, 1.165) is 17.4 Å². The molecule has 0 atom stereocenters. The molecular weight excluding hydrogens is 328 g/mol. The molecule has 2 aromatic carbocycles. The van der Waals surface area contributed by atoms with E-state index < -0.39 is 10.0 Å². The molecule has 2 rings (SSSR count). The molecule has 0 aliphatic rings.